The summed E-state index contributed by atoms with van der Waals surface area (Å²) in [6.07, 6.45) is 0.864. The number of rotatable bonds is 17. The Hall–Kier alpha value is -4.94. The molecule has 4 rings (SSSR count). The molecule has 0 aliphatic carbocycles. The van der Waals surface area contributed by atoms with Gasteiger partial charge >= 0.3 is 0 Å². The molecular weight excluding hydrogens is 682 g/mol. The molecule has 1 atom stereocenters. The fourth-order valence-electron chi connectivity index (χ4n) is 5.32. The van der Waals surface area contributed by atoms with Gasteiger partial charge in [0.25, 0.3) is 10.0 Å². The van der Waals surface area contributed by atoms with Crippen LogP contribution in [0.3, 0.4) is 0 Å². The SMILES string of the molecule is CCCNC(=O)[C@@H](Cc1ccccc1)N(Cc1ccc(Cl)cc1)C(=O)CN(c1cc(OC)ccc1OC)S(=O)(=O)c1ccc(OC)c(OC)c1. The molecule has 4 aromatic carbocycles. The zero-order valence-corrected chi connectivity index (χ0v) is 30.3. The average Bonchev–Trinajstić information content (AvgIpc) is 3.14. The fraction of sp³-hybridized carbons (Fsp3) is 0.297. The number of halogens is 1. The van der Waals surface area contributed by atoms with E-state index in [1.54, 1.807) is 36.4 Å². The Bertz CT molecular complexity index is 1860. The van der Waals surface area contributed by atoms with Crippen molar-refractivity contribution in [2.24, 2.45) is 0 Å². The van der Waals surface area contributed by atoms with E-state index in [9.17, 15) is 18.0 Å². The standard InChI is InChI=1S/C37H42ClN3O8S/c1-6-20-39-37(43)32(21-26-10-8-7-9-11-26)40(24-27-12-14-28(38)15-13-27)36(42)25-41(31-22-29(46-2)16-18-33(31)47-3)50(44,45)30-17-19-34(48-4)35(23-30)49-5/h7-19,22-23,32H,6,20-21,24-25H2,1-5H3,(H,39,43)/t32-/m1/s1. The lowest BCUT2D eigenvalue weighted by molar-refractivity contribution is -0.140. The van der Waals surface area contributed by atoms with Crippen molar-refractivity contribution in [2.45, 2.75) is 37.2 Å². The minimum absolute atomic E-state index is 0.00740. The lowest BCUT2D eigenvalue weighted by Gasteiger charge is -2.34. The van der Waals surface area contributed by atoms with Crippen LogP contribution in [0.2, 0.25) is 5.02 Å². The number of carbonyl (C=O) groups excluding carboxylic acids is 2. The third-order valence-corrected chi connectivity index (χ3v) is 9.97. The number of amides is 2. The van der Waals surface area contributed by atoms with Gasteiger partial charge in [-0.15, -0.1) is 0 Å². The topological polar surface area (TPSA) is 124 Å². The molecule has 0 bridgehead atoms. The van der Waals surface area contributed by atoms with E-state index < -0.39 is 28.5 Å². The second-order valence-electron chi connectivity index (χ2n) is 11.2. The van der Waals surface area contributed by atoms with Crippen LogP contribution in [-0.2, 0) is 32.6 Å². The van der Waals surface area contributed by atoms with Crippen molar-refractivity contribution in [1.29, 1.82) is 0 Å². The zero-order chi connectivity index (χ0) is 36.3. The van der Waals surface area contributed by atoms with E-state index in [0.29, 0.717) is 35.1 Å². The molecule has 0 aliphatic heterocycles. The summed E-state index contributed by atoms with van der Waals surface area (Å²) in [7, 11) is 1.18. The Kier molecular flexibility index (Phi) is 13.4. The third kappa shape index (κ3) is 9.19. The Morgan fingerprint density at radius 2 is 1.44 bits per heavy atom. The van der Waals surface area contributed by atoms with Crippen LogP contribution in [-0.4, -0.2) is 72.7 Å². The van der Waals surface area contributed by atoms with Crippen LogP contribution in [0.25, 0.3) is 0 Å². The molecule has 11 nitrogen and oxygen atoms in total. The summed E-state index contributed by atoms with van der Waals surface area (Å²) in [6.45, 7) is 1.63. The highest BCUT2D eigenvalue weighted by molar-refractivity contribution is 7.92. The summed E-state index contributed by atoms with van der Waals surface area (Å²) in [5.41, 5.74) is 1.57. The van der Waals surface area contributed by atoms with Crippen LogP contribution < -0.4 is 28.6 Å². The molecule has 0 saturated carbocycles. The zero-order valence-electron chi connectivity index (χ0n) is 28.7. The summed E-state index contributed by atoms with van der Waals surface area (Å²) in [6, 6.07) is 24.0. The summed E-state index contributed by atoms with van der Waals surface area (Å²) in [4.78, 5) is 29.9. The van der Waals surface area contributed by atoms with Gasteiger partial charge in [0.15, 0.2) is 11.5 Å². The molecular formula is C37H42ClN3O8S. The first-order valence-corrected chi connectivity index (χ1v) is 17.7. The van der Waals surface area contributed by atoms with Crippen molar-refractivity contribution in [3.8, 4) is 23.0 Å². The predicted octanol–water partition coefficient (Wildman–Crippen LogP) is 5.74. The van der Waals surface area contributed by atoms with Gasteiger partial charge in [0.2, 0.25) is 11.8 Å². The van der Waals surface area contributed by atoms with Gasteiger partial charge in [0.1, 0.15) is 24.1 Å². The molecule has 0 aromatic heterocycles. The van der Waals surface area contributed by atoms with E-state index in [0.717, 1.165) is 9.87 Å². The first-order chi connectivity index (χ1) is 24.1. The second-order valence-corrected chi connectivity index (χ2v) is 13.5. The maximum Gasteiger partial charge on any atom is 0.265 e. The molecule has 0 aliphatic rings. The van der Waals surface area contributed by atoms with Gasteiger partial charge in [-0.3, -0.25) is 13.9 Å². The molecule has 0 unspecified atom stereocenters. The third-order valence-electron chi connectivity index (χ3n) is 7.96. The van der Waals surface area contributed by atoms with Crippen LogP contribution in [0.4, 0.5) is 5.69 Å². The minimum atomic E-state index is -4.50. The first-order valence-electron chi connectivity index (χ1n) is 15.9. The highest BCUT2D eigenvalue weighted by atomic mass is 35.5. The van der Waals surface area contributed by atoms with E-state index in [1.165, 1.54) is 57.6 Å². The number of sulfonamides is 1. The van der Waals surface area contributed by atoms with Crippen LogP contribution in [0.1, 0.15) is 24.5 Å². The van der Waals surface area contributed by atoms with E-state index >= 15 is 0 Å². The van der Waals surface area contributed by atoms with Gasteiger partial charge in [-0.2, -0.15) is 0 Å². The number of methoxy groups -OCH3 is 4. The summed E-state index contributed by atoms with van der Waals surface area (Å²) >= 11 is 6.17. The Morgan fingerprint density at radius 3 is 2.06 bits per heavy atom. The van der Waals surface area contributed by atoms with Crippen molar-refractivity contribution in [2.75, 3.05) is 45.8 Å². The molecule has 266 valence electrons. The van der Waals surface area contributed by atoms with Gasteiger partial charge in [-0.25, -0.2) is 8.42 Å². The summed E-state index contributed by atoms with van der Waals surface area (Å²) in [5, 5.41) is 3.44. The van der Waals surface area contributed by atoms with Crippen LogP contribution in [0, 0.1) is 0 Å². The van der Waals surface area contributed by atoms with Crippen molar-refractivity contribution < 1.29 is 37.0 Å². The first kappa shape index (κ1) is 37.9. The van der Waals surface area contributed by atoms with Crippen molar-refractivity contribution in [3.05, 3.63) is 107 Å². The Morgan fingerprint density at radius 1 is 0.780 bits per heavy atom. The van der Waals surface area contributed by atoms with Crippen molar-refractivity contribution in [1.82, 2.24) is 10.2 Å². The number of ether oxygens (including phenoxy) is 4. The molecule has 0 heterocycles. The molecule has 13 heteroatoms. The van der Waals surface area contributed by atoms with Gasteiger partial charge in [0, 0.05) is 36.7 Å². The number of hydrogen-bond acceptors (Lipinski definition) is 8. The van der Waals surface area contributed by atoms with Crippen LogP contribution in [0.5, 0.6) is 23.0 Å². The quantitative estimate of drug-likeness (QED) is 0.147. The maximum atomic E-state index is 14.8. The number of anilines is 1. The molecule has 0 fully saturated rings. The molecule has 0 spiro atoms. The molecule has 1 N–H and O–H groups in total. The second kappa shape index (κ2) is 17.6. The lowest BCUT2D eigenvalue weighted by Crippen LogP contribution is -2.53. The molecule has 0 saturated heterocycles. The van der Waals surface area contributed by atoms with E-state index in [-0.39, 0.29) is 41.0 Å². The molecule has 4 aromatic rings. The van der Waals surface area contributed by atoms with E-state index in [1.807, 2.05) is 37.3 Å². The minimum Gasteiger partial charge on any atom is -0.497 e. The normalized spacial score (nSPS) is 11.6. The van der Waals surface area contributed by atoms with E-state index in [4.69, 9.17) is 30.5 Å². The molecule has 0 radical (unpaired) electrons. The number of nitrogens with zero attached hydrogens (tertiary/aromatic N) is 2. The number of carbonyl (C=O) groups is 2. The lowest BCUT2D eigenvalue weighted by atomic mass is 10.0. The van der Waals surface area contributed by atoms with Gasteiger partial charge in [-0.05, 0) is 53.9 Å². The van der Waals surface area contributed by atoms with Gasteiger partial charge in [-0.1, -0.05) is 61.0 Å². The Balaban J connectivity index is 1.89. The average molecular weight is 724 g/mol. The van der Waals surface area contributed by atoms with Gasteiger partial charge < -0.3 is 29.2 Å². The monoisotopic (exact) mass is 723 g/mol. The smallest absolute Gasteiger partial charge is 0.265 e. The summed E-state index contributed by atoms with van der Waals surface area (Å²) < 4.78 is 52.0. The largest absolute Gasteiger partial charge is 0.497 e. The molecule has 2 amide bonds. The highest BCUT2D eigenvalue weighted by Crippen LogP contribution is 2.38. The highest BCUT2D eigenvalue weighted by Gasteiger charge is 2.36. The molecule has 50 heavy (non-hydrogen) atoms. The van der Waals surface area contributed by atoms with Crippen LogP contribution >= 0.6 is 11.6 Å². The predicted molar refractivity (Wildman–Crippen MR) is 193 cm³/mol. The maximum absolute atomic E-state index is 14.8. The van der Waals surface area contributed by atoms with Crippen molar-refractivity contribution >= 4 is 39.1 Å². The summed E-state index contributed by atoms with van der Waals surface area (Å²) in [5.74, 6) is 0.00204. The number of benzene rings is 4. The van der Waals surface area contributed by atoms with Gasteiger partial charge in [0.05, 0.1) is 39.0 Å². The Labute approximate surface area is 298 Å². The fourth-order valence-corrected chi connectivity index (χ4v) is 6.87. The van der Waals surface area contributed by atoms with E-state index in [2.05, 4.69) is 5.32 Å². The van der Waals surface area contributed by atoms with Crippen molar-refractivity contribution in [3.63, 3.8) is 0 Å². The number of hydrogen-bond donors (Lipinski definition) is 1. The number of nitrogens with one attached hydrogen (secondary N) is 1. The van der Waals surface area contributed by atoms with Crippen LogP contribution in [0.15, 0.2) is 95.9 Å².